The van der Waals surface area contributed by atoms with Gasteiger partial charge >= 0.3 is 0 Å². The van der Waals surface area contributed by atoms with E-state index in [1.807, 2.05) is 30.9 Å². The highest BCUT2D eigenvalue weighted by molar-refractivity contribution is 5.87. The number of fused-ring (bicyclic) bond motifs is 1. The highest BCUT2D eigenvalue weighted by Crippen LogP contribution is 2.35. The molecule has 5 rings (SSSR count). The molecule has 3 aromatic heterocycles. The summed E-state index contributed by atoms with van der Waals surface area (Å²) in [5.74, 6) is 1.54. The zero-order valence-electron chi connectivity index (χ0n) is 19.1. The molecule has 180 valence electrons. The molecule has 3 N–H and O–H groups in total. The summed E-state index contributed by atoms with van der Waals surface area (Å²) in [4.78, 5) is 21.1. The molecule has 0 saturated heterocycles. The molecule has 10 heteroatoms. The quantitative estimate of drug-likeness (QED) is 0.498. The van der Waals surface area contributed by atoms with Crippen LogP contribution in [0.5, 0.6) is 0 Å². The van der Waals surface area contributed by atoms with Crippen LogP contribution < -0.4 is 16.0 Å². The third kappa shape index (κ3) is 5.34. The van der Waals surface area contributed by atoms with Crippen molar-refractivity contribution in [3.05, 3.63) is 30.9 Å². The predicted molar refractivity (Wildman–Crippen MR) is 138 cm³/mol. The number of hydrogen-bond donors (Lipinski definition) is 2. The number of imidazole rings is 1. The van der Waals surface area contributed by atoms with Crippen molar-refractivity contribution in [2.45, 2.75) is 76.4 Å². The average Bonchev–Trinajstić information content (AvgIpc) is 3.46. The number of anilines is 3. The number of nitrogens with one attached hydrogen (secondary N) is 1. The monoisotopic (exact) mass is 492 g/mol. The van der Waals surface area contributed by atoms with E-state index in [0.717, 1.165) is 54.9 Å². The highest BCUT2D eigenvalue weighted by Gasteiger charge is 2.25. The molecule has 0 aliphatic heterocycles. The Kier molecular flexibility index (Phi) is 8.73. The van der Waals surface area contributed by atoms with Crippen molar-refractivity contribution < 1.29 is 0 Å². The van der Waals surface area contributed by atoms with Gasteiger partial charge in [-0.15, -0.1) is 24.8 Å². The first kappa shape index (κ1) is 25.5. The number of pyridine rings is 1. The first-order valence-electron chi connectivity index (χ1n) is 11.7. The molecule has 0 radical (unpaired) electrons. The van der Waals surface area contributed by atoms with Crippen LogP contribution in [0, 0.1) is 0 Å². The molecule has 2 aliphatic carbocycles. The van der Waals surface area contributed by atoms with Gasteiger partial charge in [0, 0.05) is 42.8 Å². The zero-order valence-corrected chi connectivity index (χ0v) is 20.7. The van der Waals surface area contributed by atoms with Gasteiger partial charge in [-0.1, -0.05) is 12.8 Å². The molecule has 0 atom stereocenters. The van der Waals surface area contributed by atoms with Crippen molar-refractivity contribution >= 4 is 53.4 Å². The fraction of sp³-hybridized carbons (Fsp3) is 0.565. The van der Waals surface area contributed by atoms with Gasteiger partial charge in [0.15, 0.2) is 17.0 Å². The van der Waals surface area contributed by atoms with Gasteiger partial charge in [-0.05, 0) is 57.6 Å². The summed E-state index contributed by atoms with van der Waals surface area (Å²) >= 11 is 0. The third-order valence-electron chi connectivity index (χ3n) is 6.77. The summed E-state index contributed by atoms with van der Waals surface area (Å²) in [6, 6.07) is 5.19. The van der Waals surface area contributed by atoms with Gasteiger partial charge in [-0.2, -0.15) is 9.97 Å². The van der Waals surface area contributed by atoms with Crippen molar-refractivity contribution in [2.24, 2.45) is 5.73 Å². The molecule has 0 aromatic carbocycles. The van der Waals surface area contributed by atoms with Crippen LogP contribution in [0.2, 0.25) is 0 Å². The van der Waals surface area contributed by atoms with Crippen molar-refractivity contribution in [3.8, 4) is 0 Å². The van der Waals surface area contributed by atoms with E-state index in [-0.39, 0.29) is 24.8 Å². The van der Waals surface area contributed by atoms with Gasteiger partial charge in [0.1, 0.15) is 0 Å². The van der Waals surface area contributed by atoms with E-state index in [1.54, 1.807) is 0 Å². The van der Waals surface area contributed by atoms with Crippen LogP contribution in [-0.2, 0) is 0 Å². The van der Waals surface area contributed by atoms with E-state index in [1.165, 1.54) is 25.7 Å². The third-order valence-corrected chi connectivity index (χ3v) is 6.77. The van der Waals surface area contributed by atoms with E-state index in [4.69, 9.17) is 20.7 Å². The summed E-state index contributed by atoms with van der Waals surface area (Å²) in [6.45, 7) is 2.92. The van der Waals surface area contributed by atoms with Crippen molar-refractivity contribution in [1.82, 2.24) is 24.5 Å². The second-order valence-electron chi connectivity index (χ2n) is 8.84. The maximum Gasteiger partial charge on any atom is 0.227 e. The number of hydrogen-bond acceptors (Lipinski definition) is 7. The van der Waals surface area contributed by atoms with Crippen molar-refractivity contribution in [1.29, 1.82) is 0 Å². The Labute approximate surface area is 207 Å². The van der Waals surface area contributed by atoms with Gasteiger partial charge in [-0.25, -0.2) is 4.98 Å². The Morgan fingerprint density at radius 3 is 2.39 bits per heavy atom. The lowest BCUT2D eigenvalue weighted by molar-refractivity contribution is 0.410. The van der Waals surface area contributed by atoms with E-state index >= 15 is 0 Å². The lowest BCUT2D eigenvalue weighted by atomic mass is 9.92. The molecule has 3 heterocycles. The van der Waals surface area contributed by atoms with E-state index in [2.05, 4.69) is 26.7 Å². The fourth-order valence-electron chi connectivity index (χ4n) is 5.03. The number of nitrogens with zero attached hydrogens (tertiary/aromatic N) is 6. The van der Waals surface area contributed by atoms with E-state index in [9.17, 15) is 0 Å². The van der Waals surface area contributed by atoms with Crippen LogP contribution in [0.15, 0.2) is 30.9 Å². The standard InChI is InChI=1S/C23H32N8.2ClH/c1-2-30(19-11-13-25-14-12-19)21-20-22(31(15-26-20)18-5-3-4-6-18)29-23(28-21)27-17-9-7-16(24)8-10-17;;/h11-18H,2-10,24H2,1H3,(H,27,28,29);2*1H/t16-,17-;;. The molecule has 0 amide bonds. The Balaban J connectivity index is 0.00000153. The molecule has 33 heavy (non-hydrogen) atoms. The Morgan fingerprint density at radius 1 is 1.03 bits per heavy atom. The number of halogens is 2. The SMILES string of the molecule is CCN(c1ccncc1)c1nc(N[C@H]2CC[C@H](N)CC2)nc2c1ncn2C1CCCC1.Cl.Cl. The van der Waals surface area contributed by atoms with Crippen molar-refractivity contribution in [3.63, 3.8) is 0 Å². The molecule has 0 bridgehead atoms. The van der Waals surface area contributed by atoms with Gasteiger partial charge in [-0.3, -0.25) is 4.98 Å². The number of rotatable bonds is 6. The fourth-order valence-corrected chi connectivity index (χ4v) is 5.03. The van der Waals surface area contributed by atoms with Crippen LogP contribution in [0.25, 0.3) is 11.2 Å². The molecule has 2 aliphatic rings. The first-order chi connectivity index (χ1) is 15.2. The largest absolute Gasteiger partial charge is 0.351 e. The molecule has 0 unspecified atom stereocenters. The molecule has 2 fully saturated rings. The first-order valence-corrected chi connectivity index (χ1v) is 11.7. The van der Waals surface area contributed by atoms with Crippen LogP contribution in [-0.4, -0.2) is 43.1 Å². The molecule has 8 nitrogen and oxygen atoms in total. The molecule has 3 aromatic rings. The second-order valence-corrected chi connectivity index (χ2v) is 8.84. The van der Waals surface area contributed by atoms with Crippen molar-refractivity contribution in [2.75, 3.05) is 16.8 Å². The summed E-state index contributed by atoms with van der Waals surface area (Å²) in [7, 11) is 0. The topological polar surface area (TPSA) is 97.8 Å². The number of nitrogens with two attached hydrogens (primary N) is 1. The summed E-state index contributed by atoms with van der Waals surface area (Å²) in [5.41, 5.74) is 8.96. The van der Waals surface area contributed by atoms with Gasteiger partial charge < -0.3 is 20.5 Å². The molecule has 2 saturated carbocycles. The minimum absolute atomic E-state index is 0. The minimum atomic E-state index is 0. The maximum absolute atomic E-state index is 6.10. The van der Waals surface area contributed by atoms with Crippen LogP contribution >= 0.6 is 24.8 Å². The maximum atomic E-state index is 6.10. The van der Waals surface area contributed by atoms with Crippen LogP contribution in [0.4, 0.5) is 17.5 Å². The van der Waals surface area contributed by atoms with E-state index < -0.39 is 0 Å². The average molecular weight is 493 g/mol. The lowest BCUT2D eigenvalue weighted by Gasteiger charge is -2.28. The van der Waals surface area contributed by atoms with Crippen LogP contribution in [0.1, 0.15) is 64.3 Å². The molecular weight excluding hydrogens is 459 g/mol. The Hall–Kier alpha value is -2.16. The van der Waals surface area contributed by atoms with Gasteiger partial charge in [0.2, 0.25) is 5.95 Å². The zero-order chi connectivity index (χ0) is 21.2. The van der Waals surface area contributed by atoms with E-state index in [0.29, 0.717) is 24.1 Å². The molecular formula is C23H34Cl2N8. The minimum Gasteiger partial charge on any atom is -0.351 e. The summed E-state index contributed by atoms with van der Waals surface area (Å²) < 4.78 is 2.27. The smallest absolute Gasteiger partial charge is 0.227 e. The Bertz CT molecular complexity index is 1010. The summed E-state index contributed by atoms with van der Waals surface area (Å²) in [6.07, 6.45) is 14.7. The normalized spacial score (nSPS) is 20.8. The lowest BCUT2D eigenvalue weighted by Crippen LogP contribution is -2.33. The molecule has 0 spiro atoms. The van der Waals surface area contributed by atoms with Gasteiger partial charge in [0.05, 0.1) is 6.33 Å². The second kappa shape index (κ2) is 11.3. The Morgan fingerprint density at radius 2 is 1.73 bits per heavy atom. The van der Waals surface area contributed by atoms with Crippen LogP contribution in [0.3, 0.4) is 0 Å². The number of aromatic nitrogens is 5. The summed E-state index contributed by atoms with van der Waals surface area (Å²) in [5, 5.41) is 3.61. The van der Waals surface area contributed by atoms with Gasteiger partial charge in [0.25, 0.3) is 0 Å². The predicted octanol–water partition coefficient (Wildman–Crippen LogP) is 5.02. The highest BCUT2D eigenvalue weighted by atomic mass is 35.5.